The number of hydrogen-bond acceptors (Lipinski definition) is 3. The van der Waals surface area contributed by atoms with Gasteiger partial charge in [-0.15, -0.1) is 0 Å². The van der Waals surface area contributed by atoms with E-state index < -0.39 is 0 Å². The minimum atomic E-state index is -0.145. The summed E-state index contributed by atoms with van der Waals surface area (Å²) in [6.07, 6.45) is 1.85. The van der Waals surface area contributed by atoms with Gasteiger partial charge in [-0.05, 0) is 52.8 Å². The Labute approximate surface area is 151 Å². The van der Waals surface area contributed by atoms with Crippen molar-refractivity contribution in [2.75, 3.05) is 7.11 Å². The summed E-state index contributed by atoms with van der Waals surface area (Å²) in [7, 11) is 1.65. The van der Waals surface area contributed by atoms with E-state index in [0.717, 1.165) is 28.1 Å². The zero-order chi connectivity index (χ0) is 18.8. The first kappa shape index (κ1) is 19.0. The molecule has 0 saturated heterocycles. The normalized spacial score (nSPS) is 12.6. The number of aliphatic imine (C=N–C) groups is 1. The van der Waals surface area contributed by atoms with Crippen molar-refractivity contribution in [1.29, 1.82) is 0 Å². The van der Waals surface area contributed by atoms with E-state index in [0.29, 0.717) is 5.75 Å². The summed E-state index contributed by atoms with van der Waals surface area (Å²) in [6, 6.07) is 11.7. The fourth-order valence-corrected chi connectivity index (χ4v) is 2.69. The first-order valence-corrected chi connectivity index (χ1v) is 8.58. The van der Waals surface area contributed by atoms with Gasteiger partial charge in [0.1, 0.15) is 11.5 Å². The highest BCUT2D eigenvalue weighted by atomic mass is 16.5. The van der Waals surface area contributed by atoms with Gasteiger partial charge in [-0.3, -0.25) is 4.99 Å². The quantitative estimate of drug-likeness (QED) is 0.724. The number of phenols is 1. The molecule has 0 spiro atoms. The summed E-state index contributed by atoms with van der Waals surface area (Å²) in [5, 5.41) is 10.8. The molecule has 3 heteroatoms. The number of phenolic OH excluding ortho intramolecular Hbond substituents is 1. The topological polar surface area (TPSA) is 41.8 Å². The lowest BCUT2D eigenvalue weighted by molar-refractivity contribution is 0.415. The maximum atomic E-state index is 10.8. The van der Waals surface area contributed by atoms with Crippen LogP contribution in [0.5, 0.6) is 11.5 Å². The fourth-order valence-electron chi connectivity index (χ4n) is 2.69. The van der Waals surface area contributed by atoms with Gasteiger partial charge in [-0.2, -0.15) is 0 Å². The van der Waals surface area contributed by atoms with Crippen LogP contribution >= 0.6 is 0 Å². The Balaban J connectivity index is 2.47. The lowest BCUT2D eigenvalue weighted by Gasteiger charge is -2.27. The Morgan fingerprint density at radius 3 is 1.76 bits per heavy atom. The van der Waals surface area contributed by atoms with Crippen LogP contribution in [0.4, 0.5) is 5.69 Å². The third-order valence-corrected chi connectivity index (χ3v) is 4.18. The predicted octanol–water partition coefficient (Wildman–Crippen LogP) is 5.75. The van der Waals surface area contributed by atoms with Crippen LogP contribution in [0.25, 0.3) is 0 Å². The first-order chi connectivity index (χ1) is 11.5. The van der Waals surface area contributed by atoms with Gasteiger partial charge in [0.2, 0.25) is 0 Å². The van der Waals surface area contributed by atoms with Crippen molar-refractivity contribution >= 4 is 11.9 Å². The maximum absolute atomic E-state index is 10.8. The van der Waals surface area contributed by atoms with Crippen molar-refractivity contribution in [2.45, 2.75) is 52.4 Å². The fraction of sp³-hybridized carbons (Fsp3) is 0.409. The number of aromatic hydroxyl groups is 1. The molecule has 0 radical (unpaired) electrons. The molecule has 0 amide bonds. The van der Waals surface area contributed by atoms with Crippen LogP contribution in [0.3, 0.4) is 0 Å². The van der Waals surface area contributed by atoms with E-state index in [1.54, 1.807) is 7.11 Å². The zero-order valence-corrected chi connectivity index (χ0v) is 16.3. The maximum Gasteiger partial charge on any atom is 0.123 e. The molecule has 0 aliphatic rings. The zero-order valence-electron chi connectivity index (χ0n) is 16.3. The molecule has 0 unspecified atom stereocenters. The second-order valence-corrected chi connectivity index (χ2v) is 8.42. The van der Waals surface area contributed by atoms with E-state index in [-0.39, 0.29) is 10.8 Å². The van der Waals surface area contributed by atoms with Crippen LogP contribution < -0.4 is 4.74 Å². The van der Waals surface area contributed by atoms with Crippen LogP contribution in [-0.4, -0.2) is 18.4 Å². The molecule has 3 nitrogen and oxygen atoms in total. The van der Waals surface area contributed by atoms with Gasteiger partial charge in [-0.1, -0.05) is 41.5 Å². The SMILES string of the molecule is COc1ccc(/N=C/c2cc(C(C)(C)C)c(O)c(C(C)(C)C)c2)cc1. The summed E-state index contributed by atoms with van der Waals surface area (Å²) in [5.74, 6) is 1.20. The van der Waals surface area contributed by atoms with Crippen molar-refractivity contribution in [2.24, 2.45) is 4.99 Å². The van der Waals surface area contributed by atoms with Crippen LogP contribution in [0.1, 0.15) is 58.2 Å². The smallest absolute Gasteiger partial charge is 0.123 e. The van der Waals surface area contributed by atoms with E-state index >= 15 is 0 Å². The average molecular weight is 339 g/mol. The van der Waals surface area contributed by atoms with Crippen LogP contribution in [0.2, 0.25) is 0 Å². The van der Waals surface area contributed by atoms with Crippen molar-refractivity contribution < 1.29 is 9.84 Å². The van der Waals surface area contributed by atoms with Gasteiger partial charge < -0.3 is 9.84 Å². The number of benzene rings is 2. The highest BCUT2D eigenvalue weighted by Crippen LogP contribution is 2.39. The number of rotatable bonds is 3. The average Bonchev–Trinajstić information content (AvgIpc) is 2.52. The Bertz CT molecular complexity index is 725. The Kier molecular flexibility index (Phi) is 5.26. The molecule has 1 N–H and O–H groups in total. The number of ether oxygens (including phenoxy) is 1. The van der Waals surface area contributed by atoms with E-state index in [9.17, 15) is 5.11 Å². The highest BCUT2D eigenvalue weighted by Gasteiger charge is 2.26. The Hall–Kier alpha value is -2.29. The molecule has 2 rings (SSSR count). The van der Waals surface area contributed by atoms with Crippen LogP contribution in [-0.2, 0) is 10.8 Å². The predicted molar refractivity (Wildman–Crippen MR) is 106 cm³/mol. The first-order valence-electron chi connectivity index (χ1n) is 8.58. The Morgan fingerprint density at radius 1 is 0.880 bits per heavy atom. The van der Waals surface area contributed by atoms with Gasteiger partial charge in [0.05, 0.1) is 12.8 Å². The molecule has 0 fully saturated rings. The van der Waals surface area contributed by atoms with E-state index in [1.165, 1.54) is 0 Å². The Morgan fingerprint density at radius 2 is 1.36 bits per heavy atom. The molecule has 2 aromatic rings. The molecule has 0 saturated carbocycles. The van der Waals surface area contributed by atoms with Gasteiger partial charge in [0.15, 0.2) is 0 Å². The molecular formula is C22H29NO2. The summed E-state index contributed by atoms with van der Waals surface area (Å²) in [5.41, 5.74) is 3.45. The third kappa shape index (κ3) is 4.62. The minimum Gasteiger partial charge on any atom is -0.507 e. The van der Waals surface area contributed by atoms with Crippen molar-refractivity contribution in [3.63, 3.8) is 0 Å². The molecule has 25 heavy (non-hydrogen) atoms. The molecule has 0 bridgehead atoms. The number of nitrogens with zero attached hydrogens (tertiary/aromatic N) is 1. The monoisotopic (exact) mass is 339 g/mol. The van der Waals surface area contributed by atoms with Crippen molar-refractivity contribution in [3.8, 4) is 11.5 Å². The second kappa shape index (κ2) is 6.91. The third-order valence-electron chi connectivity index (χ3n) is 4.18. The van der Waals surface area contributed by atoms with Crippen molar-refractivity contribution in [1.82, 2.24) is 0 Å². The molecule has 0 aliphatic carbocycles. The largest absolute Gasteiger partial charge is 0.507 e. The summed E-state index contributed by atoms with van der Waals surface area (Å²) >= 11 is 0. The van der Waals surface area contributed by atoms with Crippen molar-refractivity contribution in [3.05, 3.63) is 53.1 Å². The summed E-state index contributed by atoms with van der Waals surface area (Å²) in [4.78, 5) is 4.57. The number of methoxy groups -OCH3 is 1. The molecule has 134 valence electrons. The molecule has 0 atom stereocenters. The van der Waals surface area contributed by atoms with E-state index in [2.05, 4.69) is 46.5 Å². The van der Waals surface area contributed by atoms with E-state index in [1.807, 2.05) is 42.6 Å². The summed E-state index contributed by atoms with van der Waals surface area (Å²) < 4.78 is 5.17. The highest BCUT2D eigenvalue weighted by molar-refractivity contribution is 5.83. The standard InChI is InChI=1S/C22H29NO2/c1-21(2,3)18-12-15(13-19(20(18)24)22(4,5)6)14-23-16-8-10-17(25-7)11-9-16/h8-14,24H,1-7H3/b23-14+. The minimum absolute atomic E-state index is 0.145. The van der Waals surface area contributed by atoms with Crippen LogP contribution in [0, 0.1) is 0 Å². The summed E-state index contributed by atoms with van der Waals surface area (Å²) in [6.45, 7) is 12.7. The number of hydrogen-bond donors (Lipinski definition) is 1. The van der Waals surface area contributed by atoms with E-state index in [4.69, 9.17) is 4.74 Å². The lowest BCUT2D eigenvalue weighted by Crippen LogP contribution is -2.17. The van der Waals surface area contributed by atoms with Gasteiger partial charge in [0.25, 0.3) is 0 Å². The van der Waals surface area contributed by atoms with Gasteiger partial charge in [-0.25, -0.2) is 0 Å². The second-order valence-electron chi connectivity index (χ2n) is 8.42. The molecule has 2 aromatic carbocycles. The van der Waals surface area contributed by atoms with Gasteiger partial charge in [0, 0.05) is 17.3 Å². The molecule has 0 heterocycles. The lowest BCUT2D eigenvalue weighted by atomic mass is 9.78. The van der Waals surface area contributed by atoms with Crippen LogP contribution in [0.15, 0.2) is 41.4 Å². The molecular weight excluding hydrogens is 310 g/mol. The van der Waals surface area contributed by atoms with Gasteiger partial charge >= 0.3 is 0 Å². The molecule has 0 aromatic heterocycles. The molecule has 0 aliphatic heterocycles.